The summed E-state index contributed by atoms with van der Waals surface area (Å²) >= 11 is 0. The van der Waals surface area contributed by atoms with Gasteiger partial charge >= 0.3 is 0 Å². The van der Waals surface area contributed by atoms with Crippen molar-refractivity contribution in [1.82, 2.24) is 15.6 Å². The van der Waals surface area contributed by atoms with Crippen LogP contribution in [-0.2, 0) is 16.1 Å². The van der Waals surface area contributed by atoms with Gasteiger partial charge in [-0.1, -0.05) is 38.1 Å². The smallest absolute Gasteiger partial charge is 0.239 e. The molecule has 0 radical (unpaired) electrons. The van der Waals surface area contributed by atoms with Crippen molar-refractivity contribution in [2.24, 2.45) is 11.7 Å². The molecular weight excluding hydrogens is 292 g/mol. The molecule has 1 aromatic heterocycles. The van der Waals surface area contributed by atoms with Crippen LogP contribution in [0.25, 0.3) is 10.8 Å². The van der Waals surface area contributed by atoms with Crippen molar-refractivity contribution in [2.45, 2.75) is 26.4 Å². The number of pyridine rings is 1. The molecule has 0 fully saturated rings. The van der Waals surface area contributed by atoms with Crippen molar-refractivity contribution in [1.29, 1.82) is 0 Å². The standard InChI is InChI=1S/C17H22N4O2/c1-11(2)16(18)17(23)21-10-15(22)20-9-14-13-6-4-3-5-12(13)7-8-19-14/h3-8,11,16H,9-10,18H2,1-2H3,(H,20,22)(H,21,23)/t16-/m0/s1. The summed E-state index contributed by atoms with van der Waals surface area (Å²) in [5, 5.41) is 7.37. The highest BCUT2D eigenvalue weighted by Gasteiger charge is 2.17. The quantitative estimate of drug-likeness (QED) is 0.739. The Morgan fingerprint density at radius 2 is 1.91 bits per heavy atom. The predicted octanol–water partition coefficient (Wildman–Crippen LogP) is 0.951. The van der Waals surface area contributed by atoms with E-state index >= 15 is 0 Å². The summed E-state index contributed by atoms with van der Waals surface area (Å²) in [6.07, 6.45) is 1.72. The monoisotopic (exact) mass is 314 g/mol. The molecule has 0 unspecified atom stereocenters. The third-order valence-corrected chi connectivity index (χ3v) is 3.65. The molecular formula is C17H22N4O2. The van der Waals surface area contributed by atoms with Gasteiger partial charge in [-0.3, -0.25) is 14.6 Å². The zero-order chi connectivity index (χ0) is 16.8. The fraction of sp³-hybridized carbons (Fsp3) is 0.353. The molecule has 0 saturated heterocycles. The number of hydrogen-bond acceptors (Lipinski definition) is 4. The lowest BCUT2D eigenvalue weighted by Gasteiger charge is -2.15. The van der Waals surface area contributed by atoms with Crippen LogP contribution >= 0.6 is 0 Å². The SMILES string of the molecule is CC(C)[C@H](N)C(=O)NCC(=O)NCc1nccc2ccccc12. The van der Waals surface area contributed by atoms with Gasteiger partial charge in [0.1, 0.15) is 0 Å². The lowest BCUT2D eigenvalue weighted by atomic mass is 10.1. The van der Waals surface area contributed by atoms with E-state index in [0.29, 0.717) is 6.54 Å². The summed E-state index contributed by atoms with van der Waals surface area (Å²) in [5.41, 5.74) is 6.51. The molecule has 122 valence electrons. The van der Waals surface area contributed by atoms with Crippen LogP contribution < -0.4 is 16.4 Å². The van der Waals surface area contributed by atoms with Gasteiger partial charge in [0.25, 0.3) is 0 Å². The highest BCUT2D eigenvalue weighted by Crippen LogP contribution is 2.15. The average Bonchev–Trinajstić information content (AvgIpc) is 2.56. The highest BCUT2D eigenvalue weighted by molar-refractivity contribution is 5.88. The maximum atomic E-state index is 11.9. The van der Waals surface area contributed by atoms with Crippen molar-refractivity contribution in [3.63, 3.8) is 0 Å². The van der Waals surface area contributed by atoms with E-state index in [1.807, 2.05) is 44.2 Å². The van der Waals surface area contributed by atoms with Crippen LogP contribution in [-0.4, -0.2) is 29.4 Å². The van der Waals surface area contributed by atoms with Gasteiger partial charge in [0.2, 0.25) is 11.8 Å². The number of nitrogens with two attached hydrogens (primary N) is 1. The minimum absolute atomic E-state index is 0.0259. The van der Waals surface area contributed by atoms with Gasteiger partial charge in [-0.25, -0.2) is 0 Å². The normalized spacial score (nSPS) is 12.2. The maximum absolute atomic E-state index is 11.9. The van der Waals surface area contributed by atoms with E-state index in [-0.39, 0.29) is 24.3 Å². The minimum atomic E-state index is -0.609. The summed E-state index contributed by atoms with van der Waals surface area (Å²) in [7, 11) is 0. The summed E-state index contributed by atoms with van der Waals surface area (Å²) in [5.74, 6) is -0.569. The Kier molecular flexibility index (Phi) is 5.65. The van der Waals surface area contributed by atoms with Gasteiger partial charge in [-0.2, -0.15) is 0 Å². The zero-order valence-electron chi connectivity index (χ0n) is 13.4. The highest BCUT2D eigenvalue weighted by atomic mass is 16.2. The molecule has 1 heterocycles. The lowest BCUT2D eigenvalue weighted by Crippen LogP contribution is -2.47. The van der Waals surface area contributed by atoms with Crippen LogP contribution in [0.15, 0.2) is 36.5 Å². The van der Waals surface area contributed by atoms with E-state index in [2.05, 4.69) is 15.6 Å². The fourth-order valence-corrected chi connectivity index (χ4v) is 2.16. The summed E-state index contributed by atoms with van der Waals surface area (Å²) < 4.78 is 0. The molecule has 0 aliphatic heterocycles. The molecule has 6 heteroatoms. The molecule has 2 amide bonds. The Labute approximate surface area is 135 Å². The van der Waals surface area contributed by atoms with E-state index < -0.39 is 6.04 Å². The molecule has 4 N–H and O–H groups in total. The maximum Gasteiger partial charge on any atom is 0.239 e. The van der Waals surface area contributed by atoms with Crippen LogP contribution in [0, 0.1) is 5.92 Å². The van der Waals surface area contributed by atoms with Crippen molar-refractivity contribution in [3.8, 4) is 0 Å². The molecule has 6 nitrogen and oxygen atoms in total. The van der Waals surface area contributed by atoms with Crippen molar-refractivity contribution < 1.29 is 9.59 Å². The number of carbonyl (C=O) groups is 2. The Balaban J connectivity index is 1.88. The lowest BCUT2D eigenvalue weighted by molar-refractivity contribution is -0.127. The first-order chi connectivity index (χ1) is 11.0. The van der Waals surface area contributed by atoms with Crippen LogP contribution in [0.4, 0.5) is 0 Å². The Morgan fingerprint density at radius 1 is 1.17 bits per heavy atom. The van der Waals surface area contributed by atoms with Crippen LogP contribution in [0.2, 0.25) is 0 Å². The van der Waals surface area contributed by atoms with E-state index in [1.165, 1.54) is 0 Å². The largest absolute Gasteiger partial charge is 0.349 e. The third kappa shape index (κ3) is 4.50. The molecule has 0 saturated carbocycles. The van der Waals surface area contributed by atoms with E-state index in [4.69, 9.17) is 5.73 Å². The summed E-state index contributed by atoms with van der Waals surface area (Å²) in [6.45, 7) is 3.93. The second kappa shape index (κ2) is 7.69. The number of fused-ring (bicyclic) bond motifs is 1. The van der Waals surface area contributed by atoms with Gasteiger partial charge in [-0.15, -0.1) is 0 Å². The molecule has 1 aromatic carbocycles. The first kappa shape index (κ1) is 16.9. The Bertz CT molecular complexity index is 695. The molecule has 1 atom stereocenters. The molecule has 0 aliphatic rings. The van der Waals surface area contributed by atoms with Crippen LogP contribution in [0.3, 0.4) is 0 Å². The average molecular weight is 314 g/mol. The Hall–Kier alpha value is -2.47. The molecule has 2 aromatic rings. The van der Waals surface area contributed by atoms with Crippen LogP contribution in [0.5, 0.6) is 0 Å². The molecule has 0 aliphatic carbocycles. The second-order valence-corrected chi connectivity index (χ2v) is 5.74. The number of carbonyl (C=O) groups excluding carboxylic acids is 2. The van der Waals surface area contributed by atoms with Crippen molar-refractivity contribution >= 4 is 22.6 Å². The molecule has 0 spiro atoms. The number of hydrogen-bond donors (Lipinski definition) is 3. The van der Waals surface area contributed by atoms with Gasteiger partial charge in [-0.05, 0) is 17.4 Å². The summed E-state index contributed by atoms with van der Waals surface area (Å²) in [4.78, 5) is 27.9. The number of benzene rings is 1. The number of nitrogens with one attached hydrogen (secondary N) is 2. The molecule has 2 rings (SSSR count). The molecule has 0 bridgehead atoms. The number of amides is 2. The zero-order valence-corrected chi connectivity index (χ0v) is 13.4. The number of nitrogens with zero attached hydrogens (tertiary/aromatic N) is 1. The van der Waals surface area contributed by atoms with Gasteiger partial charge in [0.05, 0.1) is 24.8 Å². The Morgan fingerprint density at radius 3 is 2.65 bits per heavy atom. The van der Waals surface area contributed by atoms with E-state index in [0.717, 1.165) is 16.5 Å². The molecule has 23 heavy (non-hydrogen) atoms. The topological polar surface area (TPSA) is 97.1 Å². The van der Waals surface area contributed by atoms with Crippen LogP contribution in [0.1, 0.15) is 19.5 Å². The van der Waals surface area contributed by atoms with Gasteiger partial charge in [0, 0.05) is 11.6 Å². The van der Waals surface area contributed by atoms with Gasteiger partial charge < -0.3 is 16.4 Å². The van der Waals surface area contributed by atoms with E-state index in [9.17, 15) is 9.59 Å². The number of rotatable bonds is 6. The summed E-state index contributed by atoms with van der Waals surface area (Å²) in [6, 6.07) is 9.17. The first-order valence-corrected chi connectivity index (χ1v) is 7.61. The van der Waals surface area contributed by atoms with Crippen molar-refractivity contribution in [3.05, 3.63) is 42.2 Å². The fourth-order valence-electron chi connectivity index (χ4n) is 2.16. The van der Waals surface area contributed by atoms with Crippen molar-refractivity contribution in [2.75, 3.05) is 6.54 Å². The van der Waals surface area contributed by atoms with E-state index in [1.54, 1.807) is 6.20 Å². The van der Waals surface area contributed by atoms with Gasteiger partial charge in [0.15, 0.2) is 0 Å². The second-order valence-electron chi connectivity index (χ2n) is 5.74. The minimum Gasteiger partial charge on any atom is -0.349 e. The first-order valence-electron chi connectivity index (χ1n) is 7.61. The predicted molar refractivity (Wildman–Crippen MR) is 89.4 cm³/mol. The number of aromatic nitrogens is 1. The third-order valence-electron chi connectivity index (χ3n) is 3.65.